The molecule has 4 heteroatoms. The van der Waals surface area contributed by atoms with Gasteiger partial charge in [0.15, 0.2) is 0 Å². The molecular weight excluding hydrogens is 196 g/mol. The predicted molar refractivity (Wildman–Crippen MR) is 63.5 cm³/mol. The zero-order valence-electron chi connectivity index (χ0n) is 9.43. The zero-order chi connectivity index (χ0) is 11.0. The van der Waals surface area contributed by atoms with Crippen LogP contribution < -0.4 is 11.1 Å². The van der Waals surface area contributed by atoms with Crippen LogP contribution in [0.25, 0.3) is 0 Å². The average Bonchev–Trinajstić information content (AvgIpc) is 2.17. The Morgan fingerprint density at radius 2 is 2.14 bits per heavy atom. The molecule has 0 saturated heterocycles. The van der Waals surface area contributed by atoms with Crippen molar-refractivity contribution in [2.45, 2.75) is 38.6 Å². The number of nitrogens with two attached hydrogens (primary N) is 1. The Labute approximate surface area is 91.2 Å². The number of likely N-dealkylation sites (N-methyl/N-ethyl adjacent to an activating group) is 1. The number of primary amides is 1. The van der Waals surface area contributed by atoms with Crippen LogP contribution in [0.2, 0.25) is 0 Å². The summed E-state index contributed by atoms with van der Waals surface area (Å²) in [5.41, 5.74) is 4.77. The second kappa shape index (κ2) is 7.12. The average molecular weight is 218 g/mol. The van der Waals surface area contributed by atoms with E-state index in [9.17, 15) is 4.79 Å². The molecule has 0 spiro atoms. The quantitative estimate of drug-likeness (QED) is 0.605. The molecule has 0 saturated carbocycles. The Kier molecular flexibility index (Phi) is 7.01. The van der Waals surface area contributed by atoms with E-state index in [1.807, 2.05) is 18.7 Å². The second-order valence-corrected chi connectivity index (χ2v) is 4.89. The predicted octanol–water partition coefficient (Wildman–Crippen LogP) is 1.37. The maximum atomic E-state index is 11.1. The van der Waals surface area contributed by atoms with Crippen molar-refractivity contribution in [1.82, 2.24) is 5.32 Å². The van der Waals surface area contributed by atoms with E-state index in [2.05, 4.69) is 12.2 Å². The number of carbonyl (C=O) groups is 1. The number of rotatable bonds is 8. The van der Waals surface area contributed by atoms with Crippen molar-refractivity contribution in [3.05, 3.63) is 0 Å². The van der Waals surface area contributed by atoms with Crippen molar-refractivity contribution >= 4 is 17.7 Å². The summed E-state index contributed by atoms with van der Waals surface area (Å²) >= 11 is 1.89. The van der Waals surface area contributed by atoms with Gasteiger partial charge in [0.2, 0.25) is 5.91 Å². The van der Waals surface area contributed by atoms with E-state index in [1.165, 1.54) is 18.6 Å². The maximum absolute atomic E-state index is 11.1. The third kappa shape index (κ3) is 4.86. The highest BCUT2D eigenvalue weighted by molar-refractivity contribution is 7.99. The Hall–Kier alpha value is -0.220. The molecule has 0 aromatic carbocycles. The lowest BCUT2D eigenvalue weighted by Gasteiger charge is -2.25. The Morgan fingerprint density at radius 1 is 1.50 bits per heavy atom. The molecular formula is C10H22N2OS. The Morgan fingerprint density at radius 3 is 2.57 bits per heavy atom. The van der Waals surface area contributed by atoms with E-state index < -0.39 is 5.54 Å². The minimum absolute atomic E-state index is 0.268. The summed E-state index contributed by atoms with van der Waals surface area (Å²) in [6.07, 6.45) is 3.27. The minimum Gasteiger partial charge on any atom is -0.368 e. The monoisotopic (exact) mass is 218 g/mol. The van der Waals surface area contributed by atoms with Gasteiger partial charge in [0.25, 0.3) is 0 Å². The van der Waals surface area contributed by atoms with Crippen LogP contribution in [0.15, 0.2) is 0 Å². The van der Waals surface area contributed by atoms with Crippen molar-refractivity contribution in [3.63, 3.8) is 0 Å². The van der Waals surface area contributed by atoms with Gasteiger partial charge in [-0.25, -0.2) is 0 Å². The first-order valence-corrected chi connectivity index (χ1v) is 6.29. The molecule has 0 fully saturated rings. The molecule has 0 aromatic rings. The van der Waals surface area contributed by atoms with Gasteiger partial charge in [-0.1, -0.05) is 13.3 Å². The SMILES string of the molecule is CCCCSCCC(C)(NC)C(N)=O. The fraction of sp³-hybridized carbons (Fsp3) is 0.900. The number of hydrogen-bond acceptors (Lipinski definition) is 3. The van der Waals surface area contributed by atoms with Gasteiger partial charge in [-0.2, -0.15) is 11.8 Å². The van der Waals surface area contributed by atoms with Crippen molar-refractivity contribution in [3.8, 4) is 0 Å². The number of amides is 1. The molecule has 1 unspecified atom stereocenters. The maximum Gasteiger partial charge on any atom is 0.237 e. The number of unbranched alkanes of at least 4 members (excludes halogenated alkanes) is 1. The molecule has 0 aliphatic carbocycles. The van der Waals surface area contributed by atoms with Crippen LogP contribution in [-0.2, 0) is 4.79 Å². The van der Waals surface area contributed by atoms with Crippen LogP contribution in [0.4, 0.5) is 0 Å². The van der Waals surface area contributed by atoms with Crippen molar-refractivity contribution in [2.24, 2.45) is 5.73 Å². The lowest BCUT2D eigenvalue weighted by molar-refractivity contribution is -0.123. The lowest BCUT2D eigenvalue weighted by Crippen LogP contribution is -2.51. The first kappa shape index (κ1) is 13.8. The topological polar surface area (TPSA) is 55.1 Å². The molecule has 84 valence electrons. The highest BCUT2D eigenvalue weighted by Gasteiger charge is 2.27. The molecule has 3 N–H and O–H groups in total. The van der Waals surface area contributed by atoms with Gasteiger partial charge in [-0.05, 0) is 38.3 Å². The van der Waals surface area contributed by atoms with Crippen LogP contribution in [0.5, 0.6) is 0 Å². The summed E-state index contributed by atoms with van der Waals surface area (Å²) < 4.78 is 0. The summed E-state index contributed by atoms with van der Waals surface area (Å²) in [7, 11) is 1.78. The summed E-state index contributed by atoms with van der Waals surface area (Å²) in [4.78, 5) is 11.1. The second-order valence-electron chi connectivity index (χ2n) is 3.66. The minimum atomic E-state index is -0.542. The summed E-state index contributed by atoms with van der Waals surface area (Å²) in [6, 6.07) is 0. The smallest absolute Gasteiger partial charge is 0.237 e. The number of hydrogen-bond donors (Lipinski definition) is 2. The van der Waals surface area contributed by atoms with Crippen LogP contribution in [0.1, 0.15) is 33.1 Å². The Bertz CT molecular complexity index is 176. The van der Waals surface area contributed by atoms with Crippen LogP contribution in [-0.4, -0.2) is 30.0 Å². The van der Waals surface area contributed by atoms with E-state index in [4.69, 9.17) is 5.73 Å². The standard InChI is InChI=1S/C10H22N2OS/c1-4-5-7-14-8-6-10(2,12-3)9(11)13/h12H,4-8H2,1-3H3,(H2,11,13). The molecule has 0 aromatic heterocycles. The third-order valence-electron chi connectivity index (χ3n) is 2.48. The molecule has 3 nitrogen and oxygen atoms in total. The normalized spacial score (nSPS) is 15.1. The van der Waals surface area contributed by atoms with Gasteiger partial charge in [-0.3, -0.25) is 4.79 Å². The molecule has 0 aliphatic heterocycles. The van der Waals surface area contributed by atoms with Gasteiger partial charge < -0.3 is 11.1 Å². The highest BCUT2D eigenvalue weighted by Crippen LogP contribution is 2.14. The zero-order valence-corrected chi connectivity index (χ0v) is 10.2. The molecule has 14 heavy (non-hydrogen) atoms. The van der Waals surface area contributed by atoms with Gasteiger partial charge in [0.1, 0.15) is 0 Å². The number of nitrogens with one attached hydrogen (secondary N) is 1. The molecule has 0 aliphatic rings. The Balaban J connectivity index is 3.68. The lowest BCUT2D eigenvalue weighted by atomic mass is 9.99. The van der Waals surface area contributed by atoms with Crippen LogP contribution in [0.3, 0.4) is 0 Å². The molecule has 0 bridgehead atoms. The van der Waals surface area contributed by atoms with Gasteiger partial charge >= 0.3 is 0 Å². The van der Waals surface area contributed by atoms with E-state index in [0.29, 0.717) is 0 Å². The highest BCUT2D eigenvalue weighted by atomic mass is 32.2. The summed E-state index contributed by atoms with van der Waals surface area (Å²) in [5.74, 6) is 1.89. The fourth-order valence-corrected chi connectivity index (χ4v) is 2.25. The third-order valence-corrected chi connectivity index (χ3v) is 3.55. The van der Waals surface area contributed by atoms with Gasteiger partial charge in [-0.15, -0.1) is 0 Å². The van der Waals surface area contributed by atoms with Crippen LogP contribution in [0, 0.1) is 0 Å². The van der Waals surface area contributed by atoms with E-state index in [0.717, 1.165) is 12.2 Å². The molecule has 0 rings (SSSR count). The summed E-state index contributed by atoms with van der Waals surface area (Å²) in [5, 5.41) is 2.98. The van der Waals surface area contributed by atoms with Crippen molar-refractivity contribution in [1.29, 1.82) is 0 Å². The van der Waals surface area contributed by atoms with Crippen molar-refractivity contribution in [2.75, 3.05) is 18.6 Å². The fourth-order valence-electron chi connectivity index (χ4n) is 0.996. The first-order valence-electron chi connectivity index (χ1n) is 5.13. The first-order chi connectivity index (χ1) is 6.56. The van der Waals surface area contributed by atoms with E-state index in [-0.39, 0.29) is 5.91 Å². The van der Waals surface area contributed by atoms with E-state index >= 15 is 0 Å². The van der Waals surface area contributed by atoms with Crippen LogP contribution >= 0.6 is 11.8 Å². The number of thioether (sulfide) groups is 1. The largest absolute Gasteiger partial charge is 0.368 e. The number of carbonyl (C=O) groups excluding carboxylic acids is 1. The molecule has 0 radical (unpaired) electrons. The molecule has 0 heterocycles. The summed E-state index contributed by atoms with van der Waals surface area (Å²) in [6.45, 7) is 4.04. The van der Waals surface area contributed by atoms with Crippen molar-refractivity contribution < 1.29 is 4.79 Å². The van der Waals surface area contributed by atoms with Gasteiger partial charge in [0.05, 0.1) is 5.54 Å². The molecule has 1 amide bonds. The molecule has 1 atom stereocenters. The van der Waals surface area contributed by atoms with E-state index in [1.54, 1.807) is 7.05 Å². The van der Waals surface area contributed by atoms with Gasteiger partial charge in [0, 0.05) is 0 Å².